The summed E-state index contributed by atoms with van der Waals surface area (Å²) in [4.78, 5) is 31.6. The highest BCUT2D eigenvalue weighted by molar-refractivity contribution is 7.07. The van der Waals surface area contributed by atoms with Crippen LogP contribution >= 0.6 is 34.5 Å². The van der Waals surface area contributed by atoms with Gasteiger partial charge in [0.05, 0.1) is 49.3 Å². The Morgan fingerprint density at radius 2 is 1.78 bits per heavy atom. The van der Waals surface area contributed by atoms with Crippen molar-refractivity contribution in [1.29, 1.82) is 0 Å². The molecule has 188 valence electrons. The molecule has 1 aromatic heterocycles. The molecule has 0 fully saturated rings. The van der Waals surface area contributed by atoms with E-state index < -0.39 is 12.0 Å². The van der Waals surface area contributed by atoms with Crippen molar-refractivity contribution in [3.05, 3.63) is 82.5 Å². The number of allylic oxidation sites excluding steroid dienone is 1. The second-order valence-corrected chi connectivity index (χ2v) is 9.55. The summed E-state index contributed by atoms with van der Waals surface area (Å²) in [7, 11) is 5.78. The first kappa shape index (κ1) is 25.8. The molecule has 0 N–H and O–H groups in total. The molecule has 4 rings (SSSR count). The zero-order valence-electron chi connectivity index (χ0n) is 20.0. The number of methoxy groups -OCH3 is 4. The van der Waals surface area contributed by atoms with Crippen LogP contribution in [0.15, 0.2) is 51.4 Å². The minimum atomic E-state index is -0.863. The third-order valence-corrected chi connectivity index (χ3v) is 7.17. The van der Waals surface area contributed by atoms with Gasteiger partial charge >= 0.3 is 5.97 Å². The summed E-state index contributed by atoms with van der Waals surface area (Å²) in [6, 6.07) is 7.54. The quantitative estimate of drug-likeness (QED) is 0.436. The molecule has 3 aromatic rings. The molecule has 0 saturated heterocycles. The molecule has 0 radical (unpaired) electrons. The predicted molar refractivity (Wildman–Crippen MR) is 138 cm³/mol. The number of thiazole rings is 1. The highest BCUT2D eigenvalue weighted by Crippen LogP contribution is 2.38. The van der Waals surface area contributed by atoms with Crippen LogP contribution in [0.5, 0.6) is 17.2 Å². The fraction of sp³-hybridized carbons (Fsp3) is 0.240. The summed E-state index contributed by atoms with van der Waals surface area (Å²) >= 11 is 13.8. The number of fused-ring (bicyclic) bond motifs is 1. The molecule has 0 bridgehead atoms. The Balaban J connectivity index is 2.01. The lowest BCUT2D eigenvalue weighted by molar-refractivity contribution is -0.136. The normalized spacial score (nSPS) is 15.3. The smallest absolute Gasteiger partial charge is 0.338 e. The van der Waals surface area contributed by atoms with E-state index in [1.54, 1.807) is 43.3 Å². The van der Waals surface area contributed by atoms with Gasteiger partial charge in [0.15, 0.2) is 16.3 Å². The van der Waals surface area contributed by atoms with E-state index in [1.165, 1.54) is 44.3 Å². The Morgan fingerprint density at radius 3 is 2.42 bits per heavy atom. The molecule has 2 heterocycles. The summed E-state index contributed by atoms with van der Waals surface area (Å²) in [6.07, 6.45) is 1.68. The molecule has 0 amide bonds. The van der Waals surface area contributed by atoms with Crippen molar-refractivity contribution in [1.82, 2.24) is 4.57 Å². The Morgan fingerprint density at radius 1 is 1.06 bits per heavy atom. The summed E-state index contributed by atoms with van der Waals surface area (Å²) in [5, 5.41) is 0.757. The fourth-order valence-electron chi connectivity index (χ4n) is 4.08. The molecule has 8 nitrogen and oxygen atoms in total. The van der Waals surface area contributed by atoms with Gasteiger partial charge in [-0.05, 0) is 48.9 Å². The number of esters is 1. The van der Waals surface area contributed by atoms with Crippen LogP contribution in [0.25, 0.3) is 6.08 Å². The number of carbonyl (C=O) groups excluding carboxylic acids is 1. The van der Waals surface area contributed by atoms with Gasteiger partial charge in [-0.2, -0.15) is 0 Å². The molecule has 0 unspecified atom stereocenters. The van der Waals surface area contributed by atoms with Crippen LogP contribution in [0, 0.1) is 0 Å². The molecule has 1 aliphatic rings. The minimum Gasteiger partial charge on any atom is -0.496 e. The summed E-state index contributed by atoms with van der Waals surface area (Å²) < 4.78 is 23.1. The maximum atomic E-state index is 13.8. The Labute approximate surface area is 220 Å². The van der Waals surface area contributed by atoms with Crippen molar-refractivity contribution in [2.24, 2.45) is 4.99 Å². The maximum Gasteiger partial charge on any atom is 0.338 e. The summed E-state index contributed by atoms with van der Waals surface area (Å²) in [5.41, 5.74) is 1.44. The van der Waals surface area contributed by atoms with Crippen molar-refractivity contribution in [3.8, 4) is 17.2 Å². The van der Waals surface area contributed by atoms with Crippen molar-refractivity contribution in [2.75, 3.05) is 28.4 Å². The number of benzene rings is 2. The van der Waals surface area contributed by atoms with Gasteiger partial charge in [0.2, 0.25) is 0 Å². The molecule has 2 aromatic carbocycles. The van der Waals surface area contributed by atoms with Gasteiger partial charge < -0.3 is 18.9 Å². The monoisotopic (exact) mass is 548 g/mol. The average Bonchev–Trinajstić information content (AvgIpc) is 3.16. The number of nitrogens with zero attached hydrogens (tertiary/aromatic N) is 2. The molecule has 0 saturated carbocycles. The first-order chi connectivity index (χ1) is 17.2. The van der Waals surface area contributed by atoms with E-state index in [2.05, 4.69) is 4.99 Å². The van der Waals surface area contributed by atoms with Crippen LogP contribution in [0.2, 0.25) is 10.0 Å². The van der Waals surface area contributed by atoms with Gasteiger partial charge in [-0.25, -0.2) is 9.79 Å². The highest BCUT2D eigenvalue weighted by atomic mass is 35.5. The Hall–Kier alpha value is -3.27. The van der Waals surface area contributed by atoms with Gasteiger partial charge in [0.25, 0.3) is 5.56 Å². The molecule has 36 heavy (non-hydrogen) atoms. The van der Waals surface area contributed by atoms with Gasteiger partial charge in [0, 0.05) is 10.6 Å². The molecule has 1 atom stereocenters. The zero-order chi connectivity index (χ0) is 26.1. The van der Waals surface area contributed by atoms with E-state index in [1.807, 2.05) is 0 Å². The molecule has 11 heteroatoms. The fourth-order valence-corrected chi connectivity index (χ4v) is 5.60. The molecule has 0 spiro atoms. The van der Waals surface area contributed by atoms with Crippen LogP contribution in [0.1, 0.15) is 24.1 Å². The van der Waals surface area contributed by atoms with E-state index in [9.17, 15) is 9.59 Å². The van der Waals surface area contributed by atoms with Crippen molar-refractivity contribution < 1.29 is 23.7 Å². The topological polar surface area (TPSA) is 88.4 Å². The lowest BCUT2D eigenvalue weighted by atomic mass is 9.95. The third-order valence-electron chi connectivity index (χ3n) is 5.67. The van der Waals surface area contributed by atoms with Crippen molar-refractivity contribution >= 4 is 46.6 Å². The van der Waals surface area contributed by atoms with Crippen molar-refractivity contribution in [3.63, 3.8) is 0 Å². The van der Waals surface area contributed by atoms with Crippen LogP contribution in [-0.2, 0) is 9.53 Å². The van der Waals surface area contributed by atoms with Crippen LogP contribution < -0.4 is 29.1 Å². The number of rotatable bonds is 6. The first-order valence-corrected chi connectivity index (χ1v) is 12.2. The van der Waals surface area contributed by atoms with Crippen molar-refractivity contribution in [2.45, 2.75) is 13.0 Å². The second kappa shape index (κ2) is 10.4. The van der Waals surface area contributed by atoms with Crippen LogP contribution in [0.4, 0.5) is 0 Å². The van der Waals surface area contributed by atoms with Gasteiger partial charge in [0.1, 0.15) is 11.8 Å². The number of hydrogen-bond donors (Lipinski definition) is 0. The van der Waals surface area contributed by atoms with Crippen LogP contribution in [0.3, 0.4) is 0 Å². The van der Waals surface area contributed by atoms with E-state index in [0.29, 0.717) is 53.5 Å². The first-order valence-electron chi connectivity index (χ1n) is 10.6. The average molecular weight is 549 g/mol. The molecule has 0 aliphatic carbocycles. The van der Waals surface area contributed by atoms with E-state index in [0.717, 1.165) is 0 Å². The largest absolute Gasteiger partial charge is 0.496 e. The Kier molecular flexibility index (Phi) is 7.44. The lowest BCUT2D eigenvalue weighted by Crippen LogP contribution is -2.40. The van der Waals surface area contributed by atoms with Gasteiger partial charge in [-0.3, -0.25) is 9.36 Å². The molecular weight excluding hydrogens is 527 g/mol. The van der Waals surface area contributed by atoms with Gasteiger partial charge in [-0.15, -0.1) is 0 Å². The molecule has 1 aliphatic heterocycles. The van der Waals surface area contributed by atoms with E-state index >= 15 is 0 Å². The van der Waals surface area contributed by atoms with Crippen LogP contribution in [-0.4, -0.2) is 39.0 Å². The van der Waals surface area contributed by atoms with Gasteiger partial charge in [-0.1, -0.05) is 34.5 Å². The standard InChI is InChI=1S/C25H22Cl2N2O6S/c1-12-20(24(31)35-5)21(15-11-14(26)6-7-17(15)32-2)29-23(30)19(36-25(29)28-12)10-13-8-16(27)22(34-4)18(9-13)33-3/h6-11,21H,1-5H3/b19-10-/t21-/m0/s1. The highest BCUT2D eigenvalue weighted by Gasteiger charge is 2.35. The number of hydrogen-bond acceptors (Lipinski definition) is 8. The lowest BCUT2D eigenvalue weighted by Gasteiger charge is -2.25. The number of ether oxygens (including phenoxy) is 4. The minimum absolute atomic E-state index is 0.214. The SMILES string of the molecule is COC(=O)C1=C(C)N=c2s/c(=C\c3cc(Cl)c(OC)c(OC)c3)c(=O)n2[C@H]1c1cc(Cl)ccc1OC. The zero-order valence-corrected chi connectivity index (χ0v) is 22.4. The third kappa shape index (κ3) is 4.50. The summed E-state index contributed by atoms with van der Waals surface area (Å²) in [6.45, 7) is 1.70. The number of halogens is 2. The van der Waals surface area contributed by atoms with E-state index in [4.69, 9.17) is 42.1 Å². The second-order valence-electron chi connectivity index (χ2n) is 7.70. The maximum absolute atomic E-state index is 13.8. The Bertz CT molecular complexity index is 1570. The number of carbonyl (C=O) groups is 1. The van der Waals surface area contributed by atoms with E-state index in [-0.39, 0.29) is 11.1 Å². The predicted octanol–water partition coefficient (Wildman–Crippen LogP) is 3.74. The summed E-state index contributed by atoms with van der Waals surface area (Å²) in [5.74, 6) is 0.671. The molecular formula is C25H22Cl2N2O6S. The number of aromatic nitrogens is 1.